The van der Waals surface area contributed by atoms with Gasteiger partial charge in [-0.2, -0.15) is 0 Å². The van der Waals surface area contributed by atoms with E-state index in [0.717, 1.165) is 57.8 Å². The summed E-state index contributed by atoms with van der Waals surface area (Å²) in [5.41, 5.74) is 0. The van der Waals surface area contributed by atoms with Gasteiger partial charge in [0.2, 0.25) is 0 Å². The highest BCUT2D eigenvalue weighted by Crippen LogP contribution is 2.19. The standard InChI is InChI=1S/C66H128O6/c1-4-7-10-13-16-18-20-22-24-26-27-28-29-30-31-32-33-34-35-36-37-38-39-41-42-44-46-48-50-53-56-59-65(68)71-62-63(61-70-64(67)58-55-52-15-12-9-6-3)72-66(69)60-57-54-51-49-47-45-43-40-25-23-21-19-17-14-11-8-5-2/h63H,4-62H2,1-3H3. The number of carbonyl (C=O) groups is 3. The van der Waals surface area contributed by atoms with Crippen molar-refractivity contribution in [1.82, 2.24) is 0 Å². The van der Waals surface area contributed by atoms with Crippen LogP contribution in [-0.2, 0) is 28.6 Å². The van der Waals surface area contributed by atoms with Crippen LogP contribution in [0.5, 0.6) is 0 Å². The predicted molar refractivity (Wildman–Crippen MR) is 312 cm³/mol. The maximum Gasteiger partial charge on any atom is 0.306 e. The van der Waals surface area contributed by atoms with Crippen molar-refractivity contribution >= 4 is 17.9 Å². The zero-order valence-electron chi connectivity index (χ0n) is 49.2. The number of esters is 3. The first-order chi connectivity index (χ1) is 35.5. The molecule has 0 fully saturated rings. The average Bonchev–Trinajstić information content (AvgIpc) is 3.38. The Balaban J connectivity index is 3.91. The number of hydrogen-bond donors (Lipinski definition) is 0. The minimum atomic E-state index is -0.760. The van der Waals surface area contributed by atoms with E-state index in [9.17, 15) is 14.4 Å². The third kappa shape index (κ3) is 59.3. The van der Waals surface area contributed by atoms with Crippen LogP contribution < -0.4 is 0 Å². The fraction of sp³-hybridized carbons (Fsp3) is 0.955. The van der Waals surface area contributed by atoms with Gasteiger partial charge in [-0.3, -0.25) is 14.4 Å². The second-order valence-corrected chi connectivity index (χ2v) is 22.8. The summed E-state index contributed by atoms with van der Waals surface area (Å²) in [6.45, 7) is 6.66. The first-order valence-corrected chi connectivity index (χ1v) is 33.0. The van der Waals surface area contributed by atoms with Crippen molar-refractivity contribution in [3.8, 4) is 0 Å². The fourth-order valence-corrected chi connectivity index (χ4v) is 10.4. The number of hydrogen-bond acceptors (Lipinski definition) is 6. The molecule has 0 aromatic carbocycles. The maximum atomic E-state index is 12.8. The van der Waals surface area contributed by atoms with Crippen molar-refractivity contribution in [3.63, 3.8) is 0 Å². The molecule has 6 nitrogen and oxygen atoms in total. The Morgan fingerprint density at radius 3 is 0.556 bits per heavy atom. The van der Waals surface area contributed by atoms with Crippen molar-refractivity contribution in [2.45, 2.75) is 393 Å². The van der Waals surface area contributed by atoms with E-state index in [1.54, 1.807) is 0 Å². The number of carbonyl (C=O) groups excluding carboxylic acids is 3. The van der Waals surface area contributed by atoms with E-state index in [1.807, 2.05) is 0 Å². The third-order valence-electron chi connectivity index (χ3n) is 15.4. The lowest BCUT2D eigenvalue weighted by Crippen LogP contribution is -2.30. The SMILES string of the molecule is CCCCCCCCCCCCCCCCCCCCCCCCCCCCCCCCCC(=O)OCC(COC(=O)CCCCCCCC)OC(=O)CCCCCCCCCCCCCCCCCCC. The summed E-state index contributed by atoms with van der Waals surface area (Å²) in [5.74, 6) is -0.842. The van der Waals surface area contributed by atoms with Gasteiger partial charge < -0.3 is 14.2 Å². The van der Waals surface area contributed by atoms with Crippen LogP contribution in [0.2, 0.25) is 0 Å². The molecule has 0 aliphatic heterocycles. The molecule has 0 rings (SSSR count). The Kier molecular flexibility index (Phi) is 60.6. The lowest BCUT2D eigenvalue weighted by molar-refractivity contribution is -0.167. The first-order valence-electron chi connectivity index (χ1n) is 33.0. The molecule has 0 saturated carbocycles. The number of unbranched alkanes of at least 4 members (excludes halogenated alkanes) is 51. The lowest BCUT2D eigenvalue weighted by atomic mass is 10.0. The number of ether oxygens (including phenoxy) is 3. The average molecular weight is 1020 g/mol. The molecular formula is C66H128O6. The van der Waals surface area contributed by atoms with E-state index in [1.165, 1.54) is 289 Å². The summed E-state index contributed by atoms with van der Waals surface area (Å²) in [6.07, 6.45) is 71.7. The minimum absolute atomic E-state index is 0.0620. The highest BCUT2D eigenvalue weighted by molar-refractivity contribution is 5.71. The monoisotopic (exact) mass is 1020 g/mol. The van der Waals surface area contributed by atoms with E-state index >= 15 is 0 Å². The zero-order chi connectivity index (χ0) is 52.2. The van der Waals surface area contributed by atoms with Crippen molar-refractivity contribution < 1.29 is 28.6 Å². The van der Waals surface area contributed by atoms with Gasteiger partial charge in [0.1, 0.15) is 13.2 Å². The van der Waals surface area contributed by atoms with Crippen LogP contribution in [0.3, 0.4) is 0 Å². The molecule has 6 heteroatoms. The summed E-state index contributed by atoms with van der Waals surface area (Å²) in [6, 6.07) is 0. The highest BCUT2D eigenvalue weighted by atomic mass is 16.6. The molecule has 0 bridgehead atoms. The van der Waals surface area contributed by atoms with Gasteiger partial charge >= 0.3 is 17.9 Å². The second kappa shape index (κ2) is 62.0. The molecule has 428 valence electrons. The van der Waals surface area contributed by atoms with E-state index in [0.29, 0.717) is 19.3 Å². The van der Waals surface area contributed by atoms with Crippen molar-refractivity contribution in [1.29, 1.82) is 0 Å². The van der Waals surface area contributed by atoms with Crippen molar-refractivity contribution in [2.75, 3.05) is 13.2 Å². The Hall–Kier alpha value is -1.59. The molecule has 72 heavy (non-hydrogen) atoms. The van der Waals surface area contributed by atoms with Crippen LogP contribution in [0.25, 0.3) is 0 Å². The zero-order valence-corrected chi connectivity index (χ0v) is 49.2. The van der Waals surface area contributed by atoms with E-state index < -0.39 is 6.10 Å². The predicted octanol–water partition coefficient (Wildman–Crippen LogP) is 22.3. The molecule has 0 N–H and O–H groups in total. The van der Waals surface area contributed by atoms with E-state index in [-0.39, 0.29) is 31.1 Å². The minimum Gasteiger partial charge on any atom is -0.462 e. The van der Waals surface area contributed by atoms with Gasteiger partial charge in [0, 0.05) is 19.3 Å². The third-order valence-corrected chi connectivity index (χ3v) is 15.4. The second-order valence-electron chi connectivity index (χ2n) is 22.8. The van der Waals surface area contributed by atoms with Crippen LogP contribution in [0.15, 0.2) is 0 Å². The molecular weight excluding hydrogens is 889 g/mol. The van der Waals surface area contributed by atoms with Crippen LogP contribution >= 0.6 is 0 Å². The molecule has 0 aliphatic rings. The highest BCUT2D eigenvalue weighted by Gasteiger charge is 2.19. The van der Waals surface area contributed by atoms with Gasteiger partial charge in [-0.15, -0.1) is 0 Å². The summed E-state index contributed by atoms with van der Waals surface area (Å²) < 4.78 is 16.8. The largest absolute Gasteiger partial charge is 0.462 e. The molecule has 0 saturated heterocycles. The quantitative estimate of drug-likeness (QED) is 0.0343. The topological polar surface area (TPSA) is 78.9 Å². The smallest absolute Gasteiger partial charge is 0.306 e. The molecule has 0 aromatic rings. The first kappa shape index (κ1) is 70.4. The van der Waals surface area contributed by atoms with Crippen LogP contribution in [0, 0.1) is 0 Å². The van der Waals surface area contributed by atoms with Crippen LogP contribution in [0.1, 0.15) is 387 Å². The Bertz CT molecular complexity index is 1080. The normalized spacial score (nSPS) is 11.9. The van der Waals surface area contributed by atoms with E-state index in [4.69, 9.17) is 14.2 Å². The molecule has 0 spiro atoms. The van der Waals surface area contributed by atoms with E-state index in [2.05, 4.69) is 20.8 Å². The molecule has 0 heterocycles. The van der Waals surface area contributed by atoms with Gasteiger partial charge in [0.25, 0.3) is 0 Å². The van der Waals surface area contributed by atoms with Crippen LogP contribution in [0.4, 0.5) is 0 Å². The van der Waals surface area contributed by atoms with Crippen molar-refractivity contribution in [3.05, 3.63) is 0 Å². The fourth-order valence-electron chi connectivity index (χ4n) is 10.4. The number of rotatable bonds is 62. The molecule has 0 aliphatic carbocycles. The Morgan fingerprint density at radius 2 is 0.375 bits per heavy atom. The Morgan fingerprint density at radius 1 is 0.222 bits per heavy atom. The summed E-state index contributed by atoms with van der Waals surface area (Å²) in [4.78, 5) is 38.0. The lowest BCUT2D eigenvalue weighted by Gasteiger charge is -2.18. The molecule has 0 radical (unpaired) electrons. The van der Waals surface area contributed by atoms with Gasteiger partial charge in [-0.25, -0.2) is 0 Å². The van der Waals surface area contributed by atoms with Gasteiger partial charge in [0.15, 0.2) is 6.10 Å². The summed E-state index contributed by atoms with van der Waals surface area (Å²) >= 11 is 0. The molecule has 1 unspecified atom stereocenters. The van der Waals surface area contributed by atoms with Gasteiger partial charge in [-0.1, -0.05) is 348 Å². The van der Waals surface area contributed by atoms with Crippen molar-refractivity contribution in [2.24, 2.45) is 0 Å². The molecule has 0 aromatic heterocycles. The Labute approximate surface area is 450 Å². The summed E-state index contributed by atoms with van der Waals surface area (Å²) in [5, 5.41) is 0. The summed E-state index contributed by atoms with van der Waals surface area (Å²) in [7, 11) is 0. The molecule has 0 amide bonds. The van der Waals surface area contributed by atoms with Gasteiger partial charge in [0.05, 0.1) is 0 Å². The van der Waals surface area contributed by atoms with Crippen LogP contribution in [-0.4, -0.2) is 37.2 Å². The van der Waals surface area contributed by atoms with Gasteiger partial charge in [-0.05, 0) is 19.3 Å². The maximum absolute atomic E-state index is 12.8. The molecule has 1 atom stereocenters.